The van der Waals surface area contributed by atoms with E-state index in [1.807, 2.05) is 24.3 Å². The molecule has 20 heavy (non-hydrogen) atoms. The van der Waals surface area contributed by atoms with E-state index in [9.17, 15) is 15.0 Å². The fourth-order valence-corrected chi connectivity index (χ4v) is 2.60. The number of benzene rings is 1. The first-order valence-electron chi connectivity index (χ1n) is 7.24. The number of carboxylic acid groups (broad SMARTS) is 1. The molecule has 0 radical (unpaired) electrons. The largest absolute Gasteiger partial charge is 0.479 e. The molecule has 2 atom stereocenters. The summed E-state index contributed by atoms with van der Waals surface area (Å²) < 4.78 is 0. The number of carboxylic acids is 1. The molecule has 1 aromatic rings. The average Bonchev–Trinajstić information content (AvgIpc) is 2.36. The molecule has 3 heteroatoms. The molecule has 2 N–H and O–H groups in total. The predicted molar refractivity (Wildman–Crippen MR) is 80.8 cm³/mol. The van der Waals surface area contributed by atoms with Crippen molar-refractivity contribution in [1.29, 1.82) is 0 Å². The van der Waals surface area contributed by atoms with Crippen molar-refractivity contribution < 1.29 is 15.0 Å². The third-order valence-corrected chi connectivity index (χ3v) is 4.01. The maximum absolute atomic E-state index is 11.4. The zero-order valence-electron chi connectivity index (χ0n) is 13.1. The Bertz CT molecular complexity index is 448. The summed E-state index contributed by atoms with van der Waals surface area (Å²) in [5.74, 6) is -1.38. The van der Waals surface area contributed by atoms with Gasteiger partial charge in [0.15, 0.2) is 5.60 Å². The summed E-state index contributed by atoms with van der Waals surface area (Å²) in [6.45, 7) is 9.57. The maximum Gasteiger partial charge on any atom is 0.336 e. The second-order valence-corrected chi connectivity index (χ2v) is 6.35. The van der Waals surface area contributed by atoms with Gasteiger partial charge in [-0.2, -0.15) is 0 Å². The standard InChI is InChI=1S/C17H26O3/c1-11(2)10-14-6-8-15(9-7-14)13(5)17(20,12(3)4)16(18)19/h6-9,11-13,20H,10H2,1-5H3,(H,18,19). The van der Waals surface area contributed by atoms with E-state index in [1.54, 1.807) is 20.8 Å². The molecule has 0 fully saturated rings. The highest BCUT2D eigenvalue weighted by Gasteiger charge is 2.45. The number of rotatable bonds is 6. The van der Waals surface area contributed by atoms with Crippen LogP contribution in [0, 0.1) is 11.8 Å². The summed E-state index contributed by atoms with van der Waals surface area (Å²) in [6.07, 6.45) is 1.00. The number of carbonyl (C=O) groups is 1. The molecule has 0 aromatic heterocycles. The Balaban J connectivity index is 3.02. The van der Waals surface area contributed by atoms with Crippen LogP contribution in [-0.2, 0) is 11.2 Å². The minimum atomic E-state index is -1.74. The number of hydrogen-bond acceptors (Lipinski definition) is 2. The van der Waals surface area contributed by atoms with Gasteiger partial charge in [0.05, 0.1) is 0 Å². The Morgan fingerprint density at radius 2 is 1.60 bits per heavy atom. The summed E-state index contributed by atoms with van der Waals surface area (Å²) >= 11 is 0. The van der Waals surface area contributed by atoms with Crippen LogP contribution in [-0.4, -0.2) is 21.8 Å². The van der Waals surface area contributed by atoms with Crippen LogP contribution in [0.25, 0.3) is 0 Å². The van der Waals surface area contributed by atoms with E-state index >= 15 is 0 Å². The second kappa shape index (κ2) is 6.40. The van der Waals surface area contributed by atoms with Crippen LogP contribution >= 0.6 is 0 Å². The van der Waals surface area contributed by atoms with Gasteiger partial charge >= 0.3 is 5.97 Å². The van der Waals surface area contributed by atoms with E-state index in [0.29, 0.717) is 5.92 Å². The first-order valence-corrected chi connectivity index (χ1v) is 7.24. The topological polar surface area (TPSA) is 57.5 Å². The van der Waals surface area contributed by atoms with Crippen molar-refractivity contribution in [3.8, 4) is 0 Å². The zero-order valence-corrected chi connectivity index (χ0v) is 13.1. The predicted octanol–water partition coefficient (Wildman–Crippen LogP) is 3.46. The quantitative estimate of drug-likeness (QED) is 0.837. The minimum absolute atomic E-state index is 0.356. The molecule has 0 aliphatic carbocycles. The Morgan fingerprint density at radius 3 is 1.95 bits per heavy atom. The molecule has 0 spiro atoms. The molecule has 3 nitrogen and oxygen atoms in total. The maximum atomic E-state index is 11.4. The number of aliphatic hydroxyl groups is 1. The van der Waals surface area contributed by atoms with Gasteiger partial charge in [0, 0.05) is 5.92 Å². The Labute approximate surface area is 121 Å². The van der Waals surface area contributed by atoms with Gasteiger partial charge in [0.2, 0.25) is 0 Å². The molecule has 0 amide bonds. The second-order valence-electron chi connectivity index (χ2n) is 6.35. The molecule has 1 aromatic carbocycles. The van der Waals surface area contributed by atoms with Gasteiger partial charge in [0.1, 0.15) is 0 Å². The van der Waals surface area contributed by atoms with Crippen LogP contribution in [0.1, 0.15) is 51.7 Å². The van der Waals surface area contributed by atoms with Crippen LogP contribution in [0.2, 0.25) is 0 Å². The first kappa shape index (κ1) is 16.7. The monoisotopic (exact) mass is 278 g/mol. The molecular formula is C17H26O3. The Morgan fingerprint density at radius 1 is 1.10 bits per heavy atom. The molecule has 2 unspecified atom stereocenters. The van der Waals surface area contributed by atoms with Crippen molar-refractivity contribution in [2.45, 2.75) is 52.6 Å². The van der Waals surface area contributed by atoms with Gasteiger partial charge in [-0.05, 0) is 29.4 Å². The summed E-state index contributed by atoms with van der Waals surface area (Å²) in [5.41, 5.74) is 0.356. The van der Waals surface area contributed by atoms with Gasteiger partial charge in [-0.15, -0.1) is 0 Å². The molecule has 0 heterocycles. The summed E-state index contributed by atoms with van der Waals surface area (Å²) in [5, 5.41) is 19.9. The summed E-state index contributed by atoms with van der Waals surface area (Å²) in [7, 11) is 0. The van der Waals surface area contributed by atoms with Crippen LogP contribution in [0.3, 0.4) is 0 Å². The summed E-state index contributed by atoms with van der Waals surface area (Å²) in [4.78, 5) is 11.4. The van der Waals surface area contributed by atoms with E-state index in [0.717, 1.165) is 12.0 Å². The highest BCUT2D eigenvalue weighted by atomic mass is 16.4. The molecule has 0 bridgehead atoms. The lowest BCUT2D eigenvalue weighted by Crippen LogP contribution is -2.48. The zero-order chi connectivity index (χ0) is 15.5. The molecule has 1 rings (SSSR count). The van der Waals surface area contributed by atoms with Crippen molar-refractivity contribution in [2.75, 3.05) is 0 Å². The van der Waals surface area contributed by atoms with E-state index in [-0.39, 0.29) is 5.92 Å². The lowest BCUT2D eigenvalue weighted by Gasteiger charge is -2.34. The highest BCUT2D eigenvalue weighted by molar-refractivity contribution is 5.79. The van der Waals surface area contributed by atoms with Gasteiger partial charge in [-0.1, -0.05) is 58.9 Å². The normalized spacial score (nSPS) is 16.2. The van der Waals surface area contributed by atoms with E-state index in [2.05, 4.69) is 13.8 Å². The molecule has 0 saturated carbocycles. The van der Waals surface area contributed by atoms with Crippen molar-refractivity contribution >= 4 is 5.97 Å². The number of aliphatic carboxylic acids is 1. The molecule has 0 aliphatic rings. The van der Waals surface area contributed by atoms with Crippen molar-refractivity contribution in [3.63, 3.8) is 0 Å². The van der Waals surface area contributed by atoms with E-state index in [4.69, 9.17) is 0 Å². The van der Waals surface area contributed by atoms with Gasteiger partial charge in [-0.25, -0.2) is 4.79 Å². The fourth-order valence-electron chi connectivity index (χ4n) is 2.60. The third kappa shape index (κ3) is 3.40. The van der Waals surface area contributed by atoms with Crippen LogP contribution in [0.15, 0.2) is 24.3 Å². The Kier molecular flexibility index (Phi) is 5.35. The molecular weight excluding hydrogens is 252 g/mol. The van der Waals surface area contributed by atoms with Crippen molar-refractivity contribution in [1.82, 2.24) is 0 Å². The minimum Gasteiger partial charge on any atom is -0.479 e. The summed E-state index contributed by atoms with van der Waals surface area (Å²) in [6, 6.07) is 7.90. The Hall–Kier alpha value is -1.35. The van der Waals surface area contributed by atoms with Crippen molar-refractivity contribution in [2.24, 2.45) is 11.8 Å². The van der Waals surface area contributed by atoms with E-state index < -0.39 is 17.5 Å². The molecule has 0 aliphatic heterocycles. The lowest BCUT2D eigenvalue weighted by atomic mass is 9.76. The van der Waals surface area contributed by atoms with Crippen LogP contribution in [0.5, 0.6) is 0 Å². The smallest absolute Gasteiger partial charge is 0.336 e. The lowest BCUT2D eigenvalue weighted by molar-refractivity contribution is -0.166. The average molecular weight is 278 g/mol. The third-order valence-electron chi connectivity index (χ3n) is 4.01. The van der Waals surface area contributed by atoms with Crippen LogP contribution < -0.4 is 0 Å². The molecule has 0 saturated heterocycles. The van der Waals surface area contributed by atoms with E-state index in [1.165, 1.54) is 5.56 Å². The van der Waals surface area contributed by atoms with Gasteiger partial charge < -0.3 is 10.2 Å². The SMILES string of the molecule is CC(C)Cc1ccc(C(C)C(O)(C(=O)O)C(C)C)cc1. The van der Waals surface area contributed by atoms with Crippen molar-refractivity contribution in [3.05, 3.63) is 35.4 Å². The van der Waals surface area contributed by atoms with Gasteiger partial charge in [-0.3, -0.25) is 0 Å². The molecule has 112 valence electrons. The first-order chi connectivity index (χ1) is 9.19. The van der Waals surface area contributed by atoms with Crippen LogP contribution in [0.4, 0.5) is 0 Å². The van der Waals surface area contributed by atoms with Gasteiger partial charge in [0.25, 0.3) is 0 Å². The highest BCUT2D eigenvalue weighted by Crippen LogP contribution is 2.34. The number of hydrogen-bond donors (Lipinski definition) is 2. The fraction of sp³-hybridized carbons (Fsp3) is 0.588.